The highest BCUT2D eigenvalue weighted by Crippen LogP contribution is 2.29. The molecular formula is C19H21F2N3O. The van der Waals surface area contributed by atoms with Gasteiger partial charge in [0.05, 0.1) is 5.56 Å². The molecule has 0 amide bonds. The zero-order valence-corrected chi connectivity index (χ0v) is 14.8. The van der Waals surface area contributed by atoms with E-state index in [-0.39, 0.29) is 22.9 Å². The summed E-state index contributed by atoms with van der Waals surface area (Å²) in [4.78, 5) is 13.0. The van der Waals surface area contributed by atoms with E-state index < -0.39 is 11.6 Å². The van der Waals surface area contributed by atoms with Crippen molar-refractivity contribution in [2.24, 2.45) is 7.05 Å². The van der Waals surface area contributed by atoms with E-state index in [0.29, 0.717) is 5.52 Å². The fraction of sp³-hybridized carbons (Fsp3) is 0.368. The molecule has 0 spiro atoms. The SMILES string of the molecule is CCC(CC)c1cc(C)n2nc(-c3c(F)cccc3F)n(C)c(=O)c12. The van der Waals surface area contributed by atoms with Crippen LogP contribution in [0.5, 0.6) is 0 Å². The van der Waals surface area contributed by atoms with Crippen molar-refractivity contribution in [1.29, 1.82) is 0 Å². The highest BCUT2D eigenvalue weighted by Gasteiger charge is 2.22. The van der Waals surface area contributed by atoms with Gasteiger partial charge in [-0.15, -0.1) is 5.10 Å². The number of hydrogen-bond acceptors (Lipinski definition) is 2. The van der Waals surface area contributed by atoms with Gasteiger partial charge in [0.2, 0.25) is 0 Å². The normalized spacial score (nSPS) is 11.6. The third-order valence-electron chi connectivity index (χ3n) is 4.82. The number of halogens is 2. The Kier molecular flexibility index (Phi) is 4.45. The number of aromatic nitrogens is 3. The molecule has 0 bridgehead atoms. The monoisotopic (exact) mass is 345 g/mol. The number of benzene rings is 1. The molecule has 0 aliphatic carbocycles. The van der Waals surface area contributed by atoms with Gasteiger partial charge in [-0.2, -0.15) is 0 Å². The maximum Gasteiger partial charge on any atom is 0.278 e. The van der Waals surface area contributed by atoms with Gasteiger partial charge in [0, 0.05) is 12.7 Å². The van der Waals surface area contributed by atoms with E-state index in [9.17, 15) is 13.6 Å². The van der Waals surface area contributed by atoms with E-state index in [1.807, 2.05) is 13.0 Å². The Morgan fingerprint density at radius 3 is 2.32 bits per heavy atom. The highest BCUT2D eigenvalue weighted by atomic mass is 19.1. The van der Waals surface area contributed by atoms with Gasteiger partial charge in [-0.3, -0.25) is 9.36 Å². The third-order valence-corrected chi connectivity index (χ3v) is 4.82. The summed E-state index contributed by atoms with van der Waals surface area (Å²) in [6, 6.07) is 5.56. The van der Waals surface area contributed by atoms with E-state index in [1.165, 1.54) is 22.2 Å². The predicted octanol–water partition coefficient (Wildman–Crippen LogP) is 4.19. The van der Waals surface area contributed by atoms with Gasteiger partial charge < -0.3 is 0 Å². The van der Waals surface area contributed by atoms with Gasteiger partial charge in [0.25, 0.3) is 5.56 Å². The lowest BCUT2D eigenvalue weighted by atomic mass is 9.95. The van der Waals surface area contributed by atoms with Gasteiger partial charge in [-0.1, -0.05) is 19.9 Å². The molecule has 6 heteroatoms. The van der Waals surface area contributed by atoms with E-state index in [0.717, 1.165) is 36.2 Å². The lowest BCUT2D eigenvalue weighted by molar-refractivity contribution is 0.582. The molecule has 3 aromatic rings. The first kappa shape index (κ1) is 17.3. The Hall–Kier alpha value is -2.50. The Morgan fingerprint density at radius 2 is 1.76 bits per heavy atom. The molecule has 0 radical (unpaired) electrons. The minimum Gasteiger partial charge on any atom is -0.292 e. The molecule has 0 aliphatic rings. The van der Waals surface area contributed by atoms with Crippen molar-refractivity contribution in [1.82, 2.24) is 14.2 Å². The quantitative estimate of drug-likeness (QED) is 0.711. The van der Waals surface area contributed by atoms with Crippen LogP contribution in [0.4, 0.5) is 8.78 Å². The van der Waals surface area contributed by atoms with E-state index in [4.69, 9.17) is 0 Å². The molecule has 4 nitrogen and oxygen atoms in total. The Balaban J connectivity index is 2.38. The summed E-state index contributed by atoms with van der Waals surface area (Å²) in [5, 5.41) is 4.40. The van der Waals surface area contributed by atoms with Gasteiger partial charge in [-0.25, -0.2) is 13.3 Å². The van der Waals surface area contributed by atoms with Crippen molar-refractivity contribution >= 4 is 5.52 Å². The molecule has 2 aromatic heterocycles. The van der Waals surface area contributed by atoms with E-state index in [1.54, 1.807) is 0 Å². The summed E-state index contributed by atoms with van der Waals surface area (Å²) in [6.07, 6.45) is 1.81. The number of hydrogen-bond donors (Lipinski definition) is 0. The van der Waals surface area contributed by atoms with E-state index >= 15 is 0 Å². The first-order valence-corrected chi connectivity index (χ1v) is 8.44. The average molecular weight is 345 g/mol. The van der Waals surface area contributed by atoms with Gasteiger partial charge in [-0.05, 0) is 49.4 Å². The molecule has 0 saturated heterocycles. The maximum absolute atomic E-state index is 14.2. The average Bonchev–Trinajstić information content (AvgIpc) is 2.90. The van der Waals surface area contributed by atoms with Crippen molar-refractivity contribution < 1.29 is 8.78 Å². The molecule has 0 N–H and O–H groups in total. The molecule has 0 saturated carbocycles. The first-order valence-electron chi connectivity index (χ1n) is 8.44. The number of nitrogens with zero attached hydrogens (tertiary/aromatic N) is 3. The van der Waals surface area contributed by atoms with Crippen LogP contribution in [0.1, 0.15) is 43.9 Å². The molecular weight excluding hydrogens is 324 g/mol. The van der Waals surface area contributed by atoms with Crippen LogP contribution in [0.2, 0.25) is 0 Å². The number of rotatable bonds is 4. The Bertz CT molecular complexity index is 980. The van der Waals surface area contributed by atoms with Crippen LogP contribution in [-0.2, 0) is 7.05 Å². The number of aryl methyl sites for hydroxylation is 1. The molecule has 0 fully saturated rings. The fourth-order valence-corrected chi connectivity index (χ4v) is 3.38. The van der Waals surface area contributed by atoms with Crippen molar-refractivity contribution in [3.63, 3.8) is 0 Å². The number of fused-ring (bicyclic) bond motifs is 1. The topological polar surface area (TPSA) is 39.3 Å². The van der Waals surface area contributed by atoms with Crippen molar-refractivity contribution in [3.05, 3.63) is 57.5 Å². The molecule has 25 heavy (non-hydrogen) atoms. The fourth-order valence-electron chi connectivity index (χ4n) is 3.38. The van der Waals surface area contributed by atoms with E-state index in [2.05, 4.69) is 18.9 Å². The molecule has 0 atom stereocenters. The third kappa shape index (κ3) is 2.65. The Labute approximate surface area is 144 Å². The van der Waals surface area contributed by atoms with Crippen molar-refractivity contribution in [2.75, 3.05) is 0 Å². The molecule has 132 valence electrons. The second-order valence-corrected chi connectivity index (χ2v) is 6.30. The summed E-state index contributed by atoms with van der Waals surface area (Å²) >= 11 is 0. The summed E-state index contributed by atoms with van der Waals surface area (Å²) in [5.74, 6) is -1.27. The molecule has 1 aromatic carbocycles. The first-order chi connectivity index (χ1) is 11.9. The minimum atomic E-state index is -0.744. The van der Waals surface area contributed by atoms with Gasteiger partial charge in [0.1, 0.15) is 17.2 Å². The molecule has 0 unspecified atom stereocenters. The predicted molar refractivity (Wildman–Crippen MR) is 93.8 cm³/mol. The van der Waals surface area contributed by atoms with Crippen LogP contribution in [0.3, 0.4) is 0 Å². The van der Waals surface area contributed by atoms with Crippen molar-refractivity contribution in [2.45, 2.75) is 39.5 Å². The highest BCUT2D eigenvalue weighted by molar-refractivity contribution is 5.62. The van der Waals surface area contributed by atoms with Crippen LogP contribution in [0, 0.1) is 18.6 Å². The lowest BCUT2D eigenvalue weighted by Gasteiger charge is -2.13. The summed E-state index contributed by atoms with van der Waals surface area (Å²) in [7, 11) is 1.50. The second-order valence-electron chi connectivity index (χ2n) is 6.30. The maximum atomic E-state index is 14.2. The zero-order chi connectivity index (χ0) is 18.3. The Morgan fingerprint density at radius 1 is 1.16 bits per heavy atom. The molecule has 0 aliphatic heterocycles. The summed E-state index contributed by atoms with van der Waals surface area (Å²) in [6.45, 7) is 5.99. The van der Waals surface area contributed by atoms with Crippen LogP contribution in [0.15, 0.2) is 29.1 Å². The lowest BCUT2D eigenvalue weighted by Crippen LogP contribution is -2.25. The second kappa shape index (κ2) is 6.43. The molecule has 2 heterocycles. The minimum absolute atomic E-state index is 0.0251. The standard InChI is InChI=1S/C19H21F2N3O/c1-5-12(6-2)13-10-11(3)24-17(13)19(25)23(4)18(22-24)16-14(20)8-7-9-15(16)21/h7-10,12H,5-6H2,1-4H3. The van der Waals surface area contributed by atoms with Gasteiger partial charge >= 0.3 is 0 Å². The zero-order valence-electron chi connectivity index (χ0n) is 14.8. The van der Waals surface area contributed by atoms with Crippen molar-refractivity contribution in [3.8, 4) is 11.4 Å². The van der Waals surface area contributed by atoms with Crippen LogP contribution in [0.25, 0.3) is 16.9 Å². The summed E-state index contributed by atoms with van der Waals surface area (Å²) < 4.78 is 31.1. The van der Waals surface area contributed by atoms with Gasteiger partial charge in [0.15, 0.2) is 5.82 Å². The molecule has 3 rings (SSSR count). The smallest absolute Gasteiger partial charge is 0.278 e. The van der Waals surface area contributed by atoms with Crippen LogP contribution >= 0.6 is 0 Å². The van der Waals surface area contributed by atoms with Crippen LogP contribution in [-0.4, -0.2) is 14.2 Å². The largest absolute Gasteiger partial charge is 0.292 e. The summed E-state index contributed by atoms with van der Waals surface area (Å²) in [5.41, 5.74) is 1.60. The van der Waals surface area contributed by atoms with Crippen LogP contribution < -0.4 is 5.56 Å².